The lowest BCUT2D eigenvalue weighted by Gasteiger charge is -2.19. The summed E-state index contributed by atoms with van der Waals surface area (Å²) in [5.74, 6) is 2.26. The normalized spacial score (nSPS) is 12.9. The van der Waals surface area contributed by atoms with Crippen LogP contribution in [0.25, 0.3) is 0 Å². The van der Waals surface area contributed by atoms with E-state index in [1.165, 1.54) is 18.2 Å². The van der Waals surface area contributed by atoms with Crippen LogP contribution in [-0.4, -0.2) is 28.7 Å². The van der Waals surface area contributed by atoms with Crippen molar-refractivity contribution >= 4 is 27.3 Å². The van der Waals surface area contributed by atoms with Crippen LogP contribution in [-0.2, 0) is 10.0 Å². The molecule has 4 rings (SSSR count). The highest BCUT2D eigenvalue weighted by Gasteiger charge is 2.21. The zero-order chi connectivity index (χ0) is 21.1. The first-order chi connectivity index (χ1) is 14.4. The van der Waals surface area contributed by atoms with Crippen molar-refractivity contribution in [2.75, 3.05) is 25.0 Å². The number of nitrogens with one attached hydrogen (secondary N) is 1. The van der Waals surface area contributed by atoms with Gasteiger partial charge in [0, 0.05) is 17.2 Å². The first-order valence-corrected chi connectivity index (χ1v) is 10.8. The van der Waals surface area contributed by atoms with Gasteiger partial charge in [0.05, 0.1) is 17.7 Å². The number of anilines is 1. The Hall–Kier alpha value is -3.10. The quantitative estimate of drug-likeness (QED) is 0.589. The third-order valence-corrected chi connectivity index (χ3v) is 5.88. The number of hydrogen-bond acceptors (Lipinski definition) is 6. The molecule has 0 unspecified atom stereocenters. The van der Waals surface area contributed by atoms with E-state index < -0.39 is 10.0 Å². The molecule has 7 nitrogen and oxygen atoms in total. The molecule has 30 heavy (non-hydrogen) atoms. The van der Waals surface area contributed by atoms with Crippen molar-refractivity contribution in [2.45, 2.75) is 4.90 Å². The Bertz CT molecular complexity index is 1180. The van der Waals surface area contributed by atoms with E-state index in [0.717, 1.165) is 0 Å². The summed E-state index contributed by atoms with van der Waals surface area (Å²) >= 11 is 6.09. The molecule has 0 radical (unpaired) electrons. The average molecular weight is 448 g/mol. The average Bonchev–Trinajstić information content (AvgIpc) is 2.75. The Balaban J connectivity index is 1.64. The molecule has 1 aliphatic rings. The second-order valence-corrected chi connectivity index (χ2v) is 8.45. The van der Waals surface area contributed by atoms with E-state index in [4.69, 9.17) is 30.5 Å². The SMILES string of the molecule is COc1cccc(Oc2ccc(Cl)cc2NS(=O)(=O)c2ccc3c(c2)OCCO3)c1. The van der Waals surface area contributed by atoms with Gasteiger partial charge in [0.1, 0.15) is 24.7 Å². The number of hydrogen-bond donors (Lipinski definition) is 1. The smallest absolute Gasteiger partial charge is 0.262 e. The number of methoxy groups -OCH3 is 1. The molecular formula is C21H18ClNO6S. The monoisotopic (exact) mass is 447 g/mol. The van der Waals surface area contributed by atoms with Gasteiger partial charge in [-0.1, -0.05) is 17.7 Å². The molecule has 0 saturated carbocycles. The van der Waals surface area contributed by atoms with Crippen LogP contribution < -0.4 is 23.7 Å². The molecule has 0 bridgehead atoms. The molecule has 0 aliphatic carbocycles. The highest BCUT2D eigenvalue weighted by Crippen LogP contribution is 2.36. The molecule has 1 N–H and O–H groups in total. The molecule has 0 fully saturated rings. The summed E-state index contributed by atoms with van der Waals surface area (Å²) in [6, 6.07) is 16.1. The lowest BCUT2D eigenvalue weighted by atomic mass is 10.3. The first-order valence-electron chi connectivity index (χ1n) is 8.98. The van der Waals surface area contributed by atoms with Crippen LogP contribution in [0.15, 0.2) is 65.6 Å². The first kappa shape index (κ1) is 20.2. The third kappa shape index (κ3) is 4.39. The van der Waals surface area contributed by atoms with Gasteiger partial charge < -0.3 is 18.9 Å². The van der Waals surface area contributed by atoms with E-state index in [-0.39, 0.29) is 16.3 Å². The summed E-state index contributed by atoms with van der Waals surface area (Å²) < 4.78 is 50.5. The predicted octanol–water partition coefficient (Wildman–Crippen LogP) is 4.71. The van der Waals surface area contributed by atoms with Gasteiger partial charge in [0.15, 0.2) is 17.2 Å². The lowest BCUT2D eigenvalue weighted by molar-refractivity contribution is 0.171. The van der Waals surface area contributed by atoms with Crippen molar-refractivity contribution in [3.8, 4) is 28.7 Å². The van der Waals surface area contributed by atoms with Gasteiger partial charge in [0.25, 0.3) is 10.0 Å². The van der Waals surface area contributed by atoms with Gasteiger partial charge in [-0.05, 0) is 42.5 Å². The van der Waals surface area contributed by atoms with Crippen LogP contribution in [0.5, 0.6) is 28.7 Å². The van der Waals surface area contributed by atoms with E-state index in [9.17, 15) is 8.42 Å². The summed E-state index contributed by atoms with van der Waals surface area (Å²) in [5, 5.41) is 0.355. The Morgan fingerprint density at radius 2 is 1.70 bits per heavy atom. The summed E-state index contributed by atoms with van der Waals surface area (Å²) in [4.78, 5) is 0.0269. The highest BCUT2D eigenvalue weighted by atomic mass is 35.5. The van der Waals surface area contributed by atoms with Gasteiger partial charge in [-0.3, -0.25) is 4.72 Å². The topological polar surface area (TPSA) is 83.1 Å². The molecule has 9 heteroatoms. The largest absolute Gasteiger partial charge is 0.497 e. The van der Waals surface area contributed by atoms with Crippen LogP contribution in [0.1, 0.15) is 0 Å². The minimum absolute atomic E-state index is 0.0269. The van der Waals surface area contributed by atoms with E-state index in [0.29, 0.717) is 41.2 Å². The standard InChI is InChI=1S/C21H18ClNO6S/c1-26-15-3-2-4-16(12-15)29-19-7-5-14(22)11-18(19)23-30(24,25)17-6-8-20-21(13-17)28-10-9-27-20/h2-8,11-13,23H,9-10H2,1H3. The second-order valence-electron chi connectivity index (χ2n) is 6.33. The van der Waals surface area contributed by atoms with Gasteiger partial charge >= 0.3 is 0 Å². The Morgan fingerprint density at radius 1 is 0.933 bits per heavy atom. The summed E-state index contributed by atoms with van der Waals surface area (Å²) in [6.45, 7) is 0.779. The molecule has 0 spiro atoms. The van der Waals surface area contributed by atoms with Gasteiger partial charge in [-0.2, -0.15) is 0 Å². The molecule has 1 heterocycles. The van der Waals surface area contributed by atoms with Gasteiger partial charge in [-0.15, -0.1) is 0 Å². The summed E-state index contributed by atoms with van der Waals surface area (Å²) in [5.41, 5.74) is 0.195. The molecule has 0 saturated heterocycles. The zero-order valence-corrected chi connectivity index (χ0v) is 17.5. The summed E-state index contributed by atoms with van der Waals surface area (Å²) in [7, 11) is -2.39. The molecule has 1 aliphatic heterocycles. The number of fused-ring (bicyclic) bond motifs is 1. The third-order valence-electron chi connectivity index (χ3n) is 4.28. The molecule has 3 aromatic rings. The zero-order valence-electron chi connectivity index (χ0n) is 15.9. The van der Waals surface area contributed by atoms with Crippen LogP contribution in [0.4, 0.5) is 5.69 Å². The van der Waals surface area contributed by atoms with Crippen molar-refractivity contribution in [1.29, 1.82) is 0 Å². The fourth-order valence-corrected chi connectivity index (χ4v) is 4.11. The van der Waals surface area contributed by atoms with Crippen molar-refractivity contribution < 1.29 is 27.4 Å². The molecule has 156 valence electrons. The molecular weight excluding hydrogens is 430 g/mol. The molecule has 0 aromatic heterocycles. The summed E-state index contributed by atoms with van der Waals surface area (Å²) in [6.07, 6.45) is 0. The predicted molar refractivity (Wildman–Crippen MR) is 113 cm³/mol. The van der Waals surface area contributed by atoms with Crippen molar-refractivity contribution in [1.82, 2.24) is 0 Å². The van der Waals surface area contributed by atoms with Gasteiger partial charge in [-0.25, -0.2) is 8.42 Å². The number of ether oxygens (including phenoxy) is 4. The van der Waals surface area contributed by atoms with Crippen molar-refractivity contribution in [2.24, 2.45) is 0 Å². The van der Waals surface area contributed by atoms with E-state index in [2.05, 4.69) is 4.72 Å². The molecule has 0 atom stereocenters. The maximum atomic E-state index is 13.0. The maximum Gasteiger partial charge on any atom is 0.262 e. The van der Waals surface area contributed by atoms with E-state index in [1.54, 1.807) is 49.6 Å². The Kier molecular flexibility index (Phi) is 5.61. The van der Waals surface area contributed by atoms with Crippen LogP contribution in [0, 0.1) is 0 Å². The second kappa shape index (κ2) is 8.33. The van der Waals surface area contributed by atoms with Crippen molar-refractivity contribution in [3.05, 3.63) is 65.7 Å². The number of halogens is 1. The van der Waals surface area contributed by atoms with E-state index >= 15 is 0 Å². The lowest BCUT2D eigenvalue weighted by Crippen LogP contribution is -2.17. The number of sulfonamides is 1. The van der Waals surface area contributed by atoms with Crippen LogP contribution >= 0.6 is 11.6 Å². The fourth-order valence-electron chi connectivity index (χ4n) is 2.86. The van der Waals surface area contributed by atoms with Gasteiger partial charge in [0.2, 0.25) is 0 Å². The van der Waals surface area contributed by atoms with Crippen LogP contribution in [0.3, 0.4) is 0 Å². The molecule has 3 aromatic carbocycles. The Morgan fingerprint density at radius 3 is 2.50 bits per heavy atom. The number of benzene rings is 3. The van der Waals surface area contributed by atoms with Crippen LogP contribution in [0.2, 0.25) is 5.02 Å². The Labute approximate surface area is 179 Å². The maximum absolute atomic E-state index is 13.0. The molecule has 0 amide bonds. The van der Waals surface area contributed by atoms with Crippen molar-refractivity contribution in [3.63, 3.8) is 0 Å². The minimum Gasteiger partial charge on any atom is -0.497 e. The highest BCUT2D eigenvalue weighted by molar-refractivity contribution is 7.92. The fraction of sp³-hybridized carbons (Fsp3) is 0.143. The number of rotatable bonds is 6. The minimum atomic E-state index is -3.94. The van der Waals surface area contributed by atoms with E-state index in [1.807, 2.05) is 0 Å².